The van der Waals surface area contributed by atoms with Crippen molar-refractivity contribution in [2.75, 3.05) is 12.4 Å². The fourth-order valence-corrected chi connectivity index (χ4v) is 2.54. The molecule has 1 atom stereocenters. The summed E-state index contributed by atoms with van der Waals surface area (Å²) in [5.41, 5.74) is 1.54. The number of ether oxygens (including phenoxy) is 2. The lowest BCUT2D eigenvalue weighted by molar-refractivity contribution is -0.123. The highest BCUT2D eigenvalue weighted by Gasteiger charge is 2.25. The number of amides is 1. The van der Waals surface area contributed by atoms with E-state index >= 15 is 0 Å². The van der Waals surface area contributed by atoms with Crippen molar-refractivity contribution in [1.82, 2.24) is 9.78 Å². The number of rotatable bonds is 6. The van der Waals surface area contributed by atoms with Gasteiger partial charge < -0.3 is 14.8 Å². The van der Waals surface area contributed by atoms with Crippen LogP contribution in [0.15, 0.2) is 60.8 Å². The first-order valence-electron chi connectivity index (χ1n) is 8.73. The van der Waals surface area contributed by atoms with Crippen LogP contribution >= 0.6 is 0 Å². The zero-order valence-corrected chi connectivity index (χ0v) is 15.8. The van der Waals surface area contributed by atoms with Crippen LogP contribution in [0.3, 0.4) is 0 Å². The maximum Gasteiger partial charge on any atom is 0.363 e. The number of nitrogens with zero attached hydrogens (tertiary/aromatic N) is 3. The van der Waals surface area contributed by atoms with E-state index in [0.29, 0.717) is 11.3 Å². The summed E-state index contributed by atoms with van der Waals surface area (Å²) in [6, 6.07) is 17.6. The summed E-state index contributed by atoms with van der Waals surface area (Å²) in [4.78, 5) is 24.9. The minimum atomic E-state index is -1.08. The van der Waals surface area contributed by atoms with E-state index in [-0.39, 0.29) is 11.4 Å². The molecule has 146 valence electrons. The fraction of sp³-hybridized carbons (Fsp3) is 0.143. The molecule has 0 radical (unpaired) electrons. The highest BCUT2D eigenvalue weighted by Crippen LogP contribution is 2.21. The lowest BCUT2D eigenvalue weighted by Gasteiger charge is -2.13. The third-order valence-electron chi connectivity index (χ3n) is 4.03. The number of carbonyl (C=O) groups excluding carboxylic acids is 2. The molecule has 1 heterocycles. The molecule has 0 saturated heterocycles. The molecule has 8 heteroatoms. The summed E-state index contributed by atoms with van der Waals surface area (Å²) in [5.74, 6) is -1.09. The number of nitriles is 1. The second-order valence-electron chi connectivity index (χ2n) is 6.06. The molecule has 0 aliphatic carbocycles. The van der Waals surface area contributed by atoms with Gasteiger partial charge in [0.15, 0.2) is 11.9 Å². The van der Waals surface area contributed by atoms with Gasteiger partial charge in [0.05, 0.1) is 30.6 Å². The second kappa shape index (κ2) is 8.71. The molecule has 3 rings (SSSR count). The van der Waals surface area contributed by atoms with Crippen molar-refractivity contribution in [3.63, 3.8) is 0 Å². The van der Waals surface area contributed by atoms with Crippen LogP contribution in [0, 0.1) is 11.3 Å². The number of esters is 1. The first kappa shape index (κ1) is 19.6. The molecule has 8 nitrogen and oxygen atoms in total. The number of methoxy groups -OCH3 is 1. The van der Waals surface area contributed by atoms with Crippen molar-refractivity contribution in [1.29, 1.82) is 5.26 Å². The molecule has 0 spiro atoms. The van der Waals surface area contributed by atoms with E-state index in [1.165, 1.54) is 24.8 Å². The molecule has 1 amide bonds. The first-order valence-corrected chi connectivity index (χ1v) is 8.73. The number of benzene rings is 2. The number of hydrogen-bond acceptors (Lipinski definition) is 6. The average molecular weight is 390 g/mol. The van der Waals surface area contributed by atoms with Crippen LogP contribution in [0.2, 0.25) is 0 Å². The third-order valence-corrected chi connectivity index (χ3v) is 4.03. The van der Waals surface area contributed by atoms with Gasteiger partial charge in [0, 0.05) is 5.69 Å². The maximum absolute atomic E-state index is 12.5. The van der Waals surface area contributed by atoms with Gasteiger partial charge in [0.1, 0.15) is 0 Å². The standard InChI is InChI=1S/C21H18N4O4/c1-14(20(26)23-16-8-6-7-15(11-16)12-22)29-21(27)19-18(28-2)13-25(24-19)17-9-4-3-5-10-17/h3-11,13-14H,1-2H3,(H,23,26)/t14-/m0/s1. The smallest absolute Gasteiger partial charge is 0.363 e. The van der Waals surface area contributed by atoms with E-state index in [1.54, 1.807) is 24.4 Å². The van der Waals surface area contributed by atoms with Crippen molar-refractivity contribution >= 4 is 17.6 Å². The molecule has 3 aromatic rings. The van der Waals surface area contributed by atoms with Crippen molar-refractivity contribution < 1.29 is 19.1 Å². The monoisotopic (exact) mass is 390 g/mol. The molecule has 0 unspecified atom stereocenters. The molecule has 29 heavy (non-hydrogen) atoms. The molecule has 0 fully saturated rings. The van der Waals surface area contributed by atoms with Gasteiger partial charge in [-0.3, -0.25) is 4.79 Å². The predicted octanol–water partition coefficient (Wildman–Crippen LogP) is 2.94. The van der Waals surface area contributed by atoms with Crippen LogP contribution in [0.25, 0.3) is 5.69 Å². The highest BCUT2D eigenvalue weighted by atomic mass is 16.6. The van der Waals surface area contributed by atoms with Gasteiger partial charge in [-0.25, -0.2) is 9.48 Å². The molecule has 0 bridgehead atoms. The van der Waals surface area contributed by atoms with E-state index < -0.39 is 18.0 Å². The lowest BCUT2D eigenvalue weighted by Crippen LogP contribution is -2.30. The van der Waals surface area contributed by atoms with E-state index in [0.717, 1.165) is 5.69 Å². The minimum absolute atomic E-state index is 0.0394. The summed E-state index contributed by atoms with van der Waals surface area (Å²) in [7, 11) is 1.42. The molecule has 1 aromatic heterocycles. The zero-order chi connectivity index (χ0) is 20.8. The predicted molar refractivity (Wildman–Crippen MR) is 105 cm³/mol. The van der Waals surface area contributed by atoms with Crippen molar-refractivity contribution in [3.05, 3.63) is 72.1 Å². The van der Waals surface area contributed by atoms with Crippen LogP contribution < -0.4 is 10.1 Å². The van der Waals surface area contributed by atoms with E-state index in [4.69, 9.17) is 14.7 Å². The van der Waals surface area contributed by atoms with E-state index in [9.17, 15) is 9.59 Å². The van der Waals surface area contributed by atoms with Crippen molar-refractivity contribution in [3.8, 4) is 17.5 Å². The van der Waals surface area contributed by atoms with Gasteiger partial charge in [0.25, 0.3) is 5.91 Å². The molecule has 0 saturated carbocycles. The van der Waals surface area contributed by atoms with Gasteiger partial charge in [-0.15, -0.1) is 0 Å². The number of nitrogens with one attached hydrogen (secondary N) is 1. The quantitative estimate of drug-likeness (QED) is 0.649. The molecule has 0 aliphatic rings. The van der Waals surface area contributed by atoms with Gasteiger partial charge in [-0.2, -0.15) is 10.4 Å². The van der Waals surface area contributed by atoms with Crippen molar-refractivity contribution in [2.24, 2.45) is 0 Å². The Balaban J connectivity index is 1.71. The molecule has 0 aliphatic heterocycles. The van der Waals surface area contributed by atoms with Crippen LogP contribution in [-0.2, 0) is 9.53 Å². The summed E-state index contributed by atoms with van der Waals surface area (Å²) >= 11 is 0. The van der Waals surface area contributed by atoms with Crippen LogP contribution in [0.1, 0.15) is 23.0 Å². The van der Waals surface area contributed by atoms with E-state index in [2.05, 4.69) is 10.4 Å². The number of para-hydroxylation sites is 1. The van der Waals surface area contributed by atoms with Gasteiger partial charge in [0.2, 0.25) is 5.69 Å². The summed E-state index contributed by atoms with van der Waals surface area (Å²) in [6.07, 6.45) is 0.476. The first-order chi connectivity index (χ1) is 14.0. The normalized spacial score (nSPS) is 11.2. The number of anilines is 1. The average Bonchev–Trinajstić information content (AvgIpc) is 3.19. The lowest BCUT2D eigenvalue weighted by atomic mass is 10.2. The maximum atomic E-state index is 12.5. The fourth-order valence-electron chi connectivity index (χ4n) is 2.54. The number of carbonyl (C=O) groups is 2. The van der Waals surface area contributed by atoms with Crippen LogP contribution in [0.4, 0.5) is 5.69 Å². The number of hydrogen-bond donors (Lipinski definition) is 1. The summed E-state index contributed by atoms with van der Waals surface area (Å²) in [5, 5.41) is 15.8. The molecule has 2 aromatic carbocycles. The second-order valence-corrected chi connectivity index (χ2v) is 6.06. The van der Waals surface area contributed by atoms with Gasteiger partial charge in [-0.1, -0.05) is 24.3 Å². The Morgan fingerprint density at radius 3 is 2.62 bits per heavy atom. The van der Waals surface area contributed by atoms with Crippen LogP contribution in [0.5, 0.6) is 5.75 Å². The van der Waals surface area contributed by atoms with Crippen molar-refractivity contribution in [2.45, 2.75) is 13.0 Å². The SMILES string of the molecule is COc1cn(-c2ccccc2)nc1C(=O)O[C@@H](C)C(=O)Nc1cccc(C#N)c1. The van der Waals surface area contributed by atoms with Gasteiger partial charge in [-0.05, 0) is 37.3 Å². The van der Waals surface area contributed by atoms with Gasteiger partial charge >= 0.3 is 5.97 Å². The zero-order valence-electron chi connectivity index (χ0n) is 15.8. The Morgan fingerprint density at radius 1 is 1.17 bits per heavy atom. The Kier molecular flexibility index (Phi) is 5.90. The Morgan fingerprint density at radius 2 is 1.93 bits per heavy atom. The molecular formula is C21H18N4O4. The highest BCUT2D eigenvalue weighted by molar-refractivity contribution is 5.97. The van der Waals surface area contributed by atoms with Crippen LogP contribution in [-0.4, -0.2) is 34.9 Å². The summed E-state index contributed by atoms with van der Waals surface area (Å²) < 4.78 is 12.0. The topological polar surface area (TPSA) is 106 Å². The minimum Gasteiger partial charge on any atom is -0.493 e. The molecular weight excluding hydrogens is 372 g/mol. The third kappa shape index (κ3) is 4.59. The molecule has 1 N–H and O–H groups in total. The number of aromatic nitrogens is 2. The largest absolute Gasteiger partial charge is 0.493 e. The van der Waals surface area contributed by atoms with E-state index in [1.807, 2.05) is 36.4 Å². The Hall–Kier alpha value is -4.12. The summed E-state index contributed by atoms with van der Waals surface area (Å²) in [6.45, 7) is 1.45. The Bertz CT molecular complexity index is 1070. The Labute approximate surface area is 167 Å².